The molecule has 0 amide bonds. The Kier molecular flexibility index (Phi) is 1.94. The van der Waals surface area contributed by atoms with Crippen molar-refractivity contribution < 1.29 is 8.78 Å². The van der Waals surface area contributed by atoms with Crippen LogP contribution in [0.1, 0.15) is 13.3 Å². The molecule has 11 heavy (non-hydrogen) atoms. The number of halogens is 2. The van der Waals surface area contributed by atoms with Crippen LogP contribution in [0.2, 0.25) is 0 Å². The first-order chi connectivity index (χ1) is 5.01. The zero-order valence-electron chi connectivity index (χ0n) is 6.40. The Balaban J connectivity index is 2.75. The molecular weight excluding hydrogens is 146 g/mol. The molecule has 0 spiro atoms. The summed E-state index contributed by atoms with van der Waals surface area (Å²) in [6.45, 7) is 5.47. The summed E-state index contributed by atoms with van der Waals surface area (Å²) in [5, 5.41) is 0. The number of hydrogen-bond donors (Lipinski definition) is 0. The van der Waals surface area contributed by atoms with E-state index in [2.05, 4.69) is 6.58 Å². The maximum Gasteiger partial charge on any atom is 0.270 e. The van der Waals surface area contributed by atoms with E-state index in [1.54, 1.807) is 6.92 Å². The van der Waals surface area contributed by atoms with E-state index in [-0.39, 0.29) is 6.42 Å². The van der Waals surface area contributed by atoms with Gasteiger partial charge in [0.1, 0.15) is 0 Å². The topological polar surface area (TPSA) is 0 Å². The summed E-state index contributed by atoms with van der Waals surface area (Å²) in [5.74, 6) is -2.65. The Morgan fingerprint density at radius 1 is 1.64 bits per heavy atom. The molecule has 0 aromatic rings. The van der Waals surface area contributed by atoms with E-state index in [0.29, 0.717) is 0 Å². The molecule has 0 fully saturated rings. The molecule has 0 heterocycles. The Hall–Kier alpha value is -0.920. The summed E-state index contributed by atoms with van der Waals surface area (Å²) in [6.07, 6.45) is 3.66. The number of hydrogen-bond acceptors (Lipinski definition) is 0. The molecule has 0 aromatic heterocycles. The van der Waals surface area contributed by atoms with Crippen molar-refractivity contribution in [3.8, 4) is 0 Å². The predicted octanol–water partition coefficient (Wildman–Crippen LogP) is 3.08. The first-order valence-corrected chi connectivity index (χ1v) is 3.44. The van der Waals surface area contributed by atoms with E-state index in [0.717, 1.165) is 17.2 Å². The van der Waals surface area contributed by atoms with Gasteiger partial charge in [-0.25, -0.2) is 8.78 Å². The highest BCUT2D eigenvalue weighted by molar-refractivity contribution is 5.39. The van der Waals surface area contributed by atoms with Crippen molar-refractivity contribution in [2.24, 2.45) is 0 Å². The van der Waals surface area contributed by atoms with Crippen molar-refractivity contribution in [3.63, 3.8) is 0 Å². The standard InChI is InChI=1S/C9H10F2/c1-7(2)8-3-5-9(10,11)6-4-8/h3-5H,1,6H2,2H3. The molecule has 60 valence electrons. The molecule has 0 saturated heterocycles. The predicted molar refractivity (Wildman–Crippen MR) is 41.6 cm³/mol. The number of allylic oxidation sites excluding steroid dienone is 5. The van der Waals surface area contributed by atoms with Crippen LogP contribution in [0.5, 0.6) is 0 Å². The van der Waals surface area contributed by atoms with Crippen LogP contribution in [0, 0.1) is 0 Å². The molecular formula is C9H10F2. The summed E-state index contributed by atoms with van der Waals surface area (Å²) in [4.78, 5) is 0. The summed E-state index contributed by atoms with van der Waals surface area (Å²) in [5.41, 5.74) is 1.65. The first kappa shape index (κ1) is 8.18. The van der Waals surface area contributed by atoms with Crippen molar-refractivity contribution in [1.29, 1.82) is 0 Å². The van der Waals surface area contributed by atoms with Crippen molar-refractivity contribution in [2.75, 3.05) is 0 Å². The van der Waals surface area contributed by atoms with Gasteiger partial charge in [0.15, 0.2) is 0 Å². The van der Waals surface area contributed by atoms with Gasteiger partial charge in [-0.3, -0.25) is 0 Å². The normalized spacial score (nSPS) is 21.2. The molecule has 0 saturated carbocycles. The maximum atomic E-state index is 12.5. The summed E-state index contributed by atoms with van der Waals surface area (Å²) < 4.78 is 25.0. The van der Waals surface area contributed by atoms with Gasteiger partial charge in [-0.1, -0.05) is 24.3 Å². The molecule has 0 N–H and O–H groups in total. The number of rotatable bonds is 1. The molecule has 0 unspecified atom stereocenters. The molecule has 0 bridgehead atoms. The van der Waals surface area contributed by atoms with Crippen LogP contribution < -0.4 is 0 Å². The van der Waals surface area contributed by atoms with Crippen LogP contribution in [0.3, 0.4) is 0 Å². The molecule has 0 aromatic carbocycles. The van der Waals surface area contributed by atoms with Crippen LogP contribution in [0.15, 0.2) is 36.0 Å². The molecule has 2 heteroatoms. The highest BCUT2D eigenvalue weighted by atomic mass is 19.3. The second-order valence-corrected chi connectivity index (χ2v) is 2.74. The molecule has 1 aliphatic rings. The van der Waals surface area contributed by atoms with Crippen molar-refractivity contribution in [3.05, 3.63) is 36.0 Å². The van der Waals surface area contributed by atoms with E-state index < -0.39 is 5.92 Å². The minimum Gasteiger partial charge on any atom is -0.202 e. The zero-order valence-corrected chi connectivity index (χ0v) is 6.40. The van der Waals surface area contributed by atoms with Gasteiger partial charge in [0, 0.05) is 6.42 Å². The highest BCUT2D eigenvalue weighted by Gasteiger charge is 2.25. The van der Waals surface area contributed by atoms with Gasteiger partial charge in [-0.05, 0) is 18.6 Å². The SMILES string of the molecule is C=C(C)C1=CCC(F)(F)C=C1. The average Bonchev–Trinajstić information content (AvgIpc) is 1.86. The van der Waals surface area contributed by atoms with Gasteiger partial charge in [0.05, 0.1) is 0 Å². The lowest BCUT2D eigenvalue weighted by Crippen LogP contribution is -2.13. The van der Waals surface area contributed by atoms with Gasteiger partial charge in [0.25, 0.3) is 5.92 Å². The fourth-order valence-electron chi connectivity index (χ4n) is 0.910. The summed E-state index contributed by atoms with van der Waals surface area (Å²) in [7, 11) is 0. The Bertz CT molecular complexity index is 234. The van der Waals surface area contributed by atoms with Gasteiger partial charge in [0.2, 0.25) is 0 Å². The minimum absolute atomic E-state index is 0.203. The zero-order chi connectivity index (χ0) is 8.48. The lowest BCUT2D eigenvalue weighted by Gasteiger charge is -2.14. The quantitative estimate of drug-likeness (QED) is 0.547. The third-order valence-electron chi connectivity index (χ3n) is 1.59. The van der Waals surface area contributed by atoms with Crippen molar-refractivity contribution in [1.82, 2.24) is 0 Å². The van der Waals surface area contributed by atoms with Gasteiger partial charge in [-0.15, -0.1) is 0 Å². The first-order valence-electron chi connectivity index (χ1n) is 3.44. The third-order valence-corrected chi connectivity index (χ3v) is 1.59. The van der Waals surface area contributed by atoms with Crippen LogP contribution in [0.4, 0.5) is 8.78 Å². The Morgan fingerprint density at radius 2 is 2.27 bits per heavy atom. The van der Waals surface area contributed by atoms with Crippen LogP contribution in [-0.4, -0.2) is 5.92 Å². The largest absolute Gasteiger partial charge is 0.270 e. The molecule has 0 aliphatic heterocycles. The molecule has 1 aliphatic carbocycles. The van der Waals surface area contributed by atoms with Gasteiger partial charge >= 0.3 is 0 Å². The van der Waals surface area contributed by atoms with Crippen LogP contribution in [0.25, 0.3) is 0 Å². The molecule has 1 rings (SSSR count). The number of alkyl halides is 2. The van der Waals surface area contributed by atoms with E-state index in [1.807, 2.05) is 0 Å². The highest BCUT2D eigenvalue weighted by Crippen LogP contribution is 2.28. The minimum atomic E-state index is -2.65. The van der Waals surface area contributed by atoms with Gasteiger partial charge in [-0.2, -0.15) is 0 Å². The van der Waals surface area contributed by atoms with Crippen LogP contribution in [-0.2, 0) is 0 Å². The van der Waals surface area contributed by atoms with E-state index >= 15 is 0 Å². The average molecular weight is 156 g/mol. The Morgan fingerprint density at radius 3 is 2.64 bits per heavy atom. The van der Waals surface area contributed by atoms with Crippen molar-refractivity contribution >= 4 is 0 Å². The third kappa shape index (κ3) is 2.00. The van der Waals surface area contributed by atoms with Crippen LogP contribution >= 0.6 is 0 Å². The monoisotopic (exact) mass is 156 g/mol. The van der Waals surface area contributed by atoms with E-state index in [9.17, 15) is 8.78 Å². The van der Waals surface area contributed by atoms with Crippen molar-refractivity contribution in [2.45, 2.75) is 19.3 Å². The smallest absolute Gasteiger partial charge is 0.202 e. The fraction of sp³-hybridized carbons (Fsp3) is 0.333. The van der Waals surface area contributed by atoms with E-state index in [1.165, 1.54) is 12.2 Å². The van der Waals surface area contributed by atoms with Gasteiger partial charge < -0.3 is 0 Å². The molecule has 0 atom stereocenters. The molecule has 0 radical (unpaired) electrons. The summed E-state index contributed by atoms with van der Waals surface area (Å²) >= 11 is 0. The summed E-state index contributed by atoms with van der Waals surface area (Å²) in [6, 6.07) is 0. The van der Waals surface area contributed by atoms with E-state index in [4.69, 9.17) is 0 Å². The Labute approximate surface area is 64.9 Å². The second-order valence-electron chi connectivity index (χ2n) is 2.74. The lowest BCUT2D eigenvalue weighted by molar-refractivity contribution is 0.0572. The fourth-order valence-corrected chi connectivity index (χ4v) is 0.910. The maximum absolute atomic E-state index is 12.5. The molecule has 0 nitrogen and oxygen atoms in total. The second kappa shape index (κ2) is 2.61. The lowest BCUT2D eigenvalue weighted by atomic mass is 10.00.